The highest BCUT2D eigenvalue weighted by atomic mass is 35.5. The number of ether oxygens (including phenoxy) is 1. The van der Waals surface area contributed by atoms with Gasteiger partial charge in [-0.3, -0.25) is 9.59 Å². The first kappa shape index (κ1) is 26.2. The van der Waals surface area contributed by atoms with Gasteiger partial charge in [-0.1, -0.05) is 48.0 Å². The number of hydrogen-bond acceptors (Lipinski definition) is 5. The third-order valence-corrected chi connectivity index (χ3v) is 7.90. The quantitative estimate of drug-likeness (QED) is 0.375. The van der Waals surface area contributed by atoms with Gasteiger partial charge in [0.2, 0.25) is 5.91 Å². The number of nitrogens with zero attached hydrogens (tertiary/aromatic N) is 3. The molecule has 1 unspecified atom stereocenters. The number of rotatable bonds is 8. The molecular formula is C28H32ClN3O3S. The molecule has 4 rings (SSSR count). The summed E-state index contributed by atoms with van der Waals surface area (Å²) in [6.07, 6.45) is 1.89. The van der Waals surface area contributed by atoms with Gasteiger partial charge >= 0.3 is 0 Å². The van der Waals surface area contributed by atoms with Crippen LogP contribution in [0, 0.1) is 19.3 Å². The monoisotopic (exact) mass is 525 g/mol. The first-order valence-electron chi connectivity index (χ1n) is 12.1. The minimum Gasteiger partial charge on any atom is -0.493 e. The third kappa shape index (κ3) is 6.45. The van der Waals surface area contributed by atoms with E-state index in [2.05, 4.69) is 4.98 Å². The lowest BCUT2D eigenvalue weighted by molar-refractivity contribution is -0.134. The second kappa shape index (κ2) is 11.4. The molecule has 1 aliphatic heterocycles. The van der Waals surface area contributed by atoms with Gasteiger partial charge < -0.3 is 14.5 Å². The molecule has 0 aliphatic carbocycles. The van der Waals surface area contributed by atoms with Crippen LogP contribution in [0.4, 0.5) is 0 Å². The summed E-state index contributed by atoms with van der Waals surface area (Å²) < 4.78 is 6.19. The van der Waals surface area contributed by atoms with Crippen LogP contribution in [0.15, 0.2) is 54.6 Å². The van der Waals surface area contributed by atoms with Gasteiger partial charge in [-0.2, -0.15) is 0 Å². The Balaban J connectivity index is 1.54. The van der Waals surface area contributed by atoms with Crippen molar-refractivity contribution in [2.75, 3.05) is 26.7 Å². The molecule has 0 saturated carbocycles. The second-order valence-corrected chi connectivity index (χ2v) is 11.3. The van der Waals surface area contributed by atoms with Crippen molar-refractivity contribution in [1.82, 2.24) is 14.8 Å². The van der Waals surface area contributed by atoms with Crippen molar-refractivity contribution in [3.8, 4) is 5.75 Å². The fourth-order valence-electron chi connectivity index (χ4n) is 4.76. The molecule has 1 aromatic heterocycles. The van der Waals surface area contributed by atoms with Crippen LogP contribution in [-0.4, -0.2) is 53.3 Å². The first-order valence-corrected chi connectivity index (χ1v) is 13.3. The van der Waals surface area contributed by atoms with E-state index in [1.807, 2.05) is 68.3 Å². The summed E-state index contributed by atoms with van der Waals surface area (Å²) in [7, 11) is 1.83. The number of likely N-dealkylation sites (tertiary alicyclic amines) is 1. The molecule has 1 aliphatic rings. The molecule has 0 spiro atoms. The average Bonchev–Trinajstić information content (AvgIpc) is 3.20. The van der Waals surface area contributed by atoms with Crippen molar-refractivity contribution in [2.45, 2.75) is 39.7 Å². The van der Waals surface area contributed by atoms with E-state index in [-0.39, 0.29) is 11.8 Å². The number of carbonyl (C=O) groups excluding carboxylic acids is 2. The highest BCUT2D eigenvalue weighted by Gasteiger charge is 2.41. The van der Waals surface area contributed by atoms with Gasteiger partial charge in [-0.05, 0) is 50.5 Å². The summed E-state index contributed by atoms with van der Waals surface area (Å²) >= 11 is 7.58. The fourth-order valence-corrected chi connectivity index (χ4v) is 5.83. The van der Waals surface area contributed by atoms with Crippen molar-refractivity contribution in [1.29, 1.82) is 0 Å². The predicted octanol–water partition coefficient (Wildman–Crippen LogP) is 5.76. The lowest BCUT2D eigenvalue weighted by Gasteiger charge is -2.42. The maximum atomic E-state index is 13.4. The molecule has 0 radical (unpaired) electrons. The normalized spacial score (nSPS) is 17.6. The topological polar surface area (TPSA) is 62.7 Å². The van der Waals surface area contributed by atoms with E-state index < -0.39 is 5.41 Å². The number of hydrogen-bond donors (Lipinski definition) is 0. The highest BCUT2D eigenvalue weighted by Crippen LogP contribution is 2.36. The Bertz CT molecular complexity index is 1220. The SMILES string of the molecule is Cc1nc(C)c(C(=O)N2CCCC(COc3cccc(Cl)c3)(CC(=O)N(C)Cc3ccccc3)C2)s1. The van der Waals surface area contributed by atoms with Gasteiger partial charge in [0, 0.05) is 43.5 Å². The number of carbonyl (C=O) groups is 2. The summed E-state index contributed by atoms with van der Waals surface area (Å²) in [6, 6.07) is 17.2. The fraction of sp³-hybridized carbons (Fsp3) is 0.393. The van der Waals surface area contributed by atoms with Crippen LogP contribution >= 0.6 is 22.9 Å². The van der Waals surface area contributed by atoms with Gasteiger partial charge in [0.05, 0.1) is 17.3 Å². The number of halogens is 1. The van der Waals surface area contributed by atoms with Crippen LogP contribution in [0.25, 0.3) is 0 Å². The van der Waals surface area contributed by atoms with Gasteiger partial charge in [0.25, 0.3) is 5.91 Å². The zero-order valence-electron chi connectivity index (χ0n) is 21.0. The molecule has 1 fully saturated rings. The zero-order chi connectivity index (χ0) is 25.7. The maximum Gasteiger partial charge on any atom is 0.265 e. The van der Waals surface area contributed by atoms with Gasteiger partial charge in [0.15, 0.2) is 0 Å². The molecule has 0 N–H and O–H groups in total. The molecule has 0 bridgehead atoms. The summed E-state index contributed by atoms with van der Waals surface area (Å²) in [5.74, 6) is 0.673. The van der Waals surface area contributed by atoms with Crippen LogP contribution < -0.4 is 4.74 Å². The Morgan fingerprint density at radius 2 is 1.94 bits per heavy atom. The third-order valence-electron chi connectivity index (χ3n) is 6.60. The van der Waals surface area contributed by atoms with E-state index in [0.29, 0.717) is 48.3 Å². The smallest absolute Gasteiger partial charge is 0.265 e. The van der Waals surface area contributed by atoms with E-state index in [9.17, 15) is 9.59 Å². The zero-order valence-corrected chi connectivity index (χ0v) is 22.6. The number of aryl methyl sites for hydroxylation is 2. The molecule has 36 heavy (non-hydrogen) atoms. The lowest BCUT2D eigenvalue weighted by atomic mass is 9.77. The van der Waals surface area contributed by atoms with Crippen LogP contribution in [0.3, 0.4) is 0 Å². The van der Waals surface area contributed by atoms with Gasteiger partial charge in [0.1, 0.15) is 10.6 Å². The molecule has 3 aromatic rings. The molecule has 1 atom stereocenters. The summed E-state index contributed by atoms with van der Waals surface area (Å²) in [5, 5.41) is 1.47. The highest BCUT2D eigenvalue weighted by molar-refractivity contribution is 7.13. The van der Waals surface area contributed by atoms with Gasteiger partial charge in [-0.25, -0.2) is 4.98 Å². The standard InChI is InChI=1S/C28H32ClN3O3S/c1-20-26(36-21(2)30-20)27(34)32-14-8-13-28(18-32,19-35-24-12-7-11-23(29)15-24)16-25(33)31(3)17-22-9-5-4-6-10-22/h4-7,9-12,15H,8,13-14,16-19H2,1-3H3. The maximum absolute atomic E-state index is 13.4. The number of aromatic nitrogens is 1. The summed E-state index contributed by atoms with van der Waals surface area (Å²) in [4.78, 5) is 35.6. The number of thiazole rings is 1. The van der Waals surface area contributed by atoms with Crippen molar-refractivity contribution in [3.63, 3.8) is 0 Å². The average molecular weight is 526 g/mol. The summed E-state index contributed by atoms with van der Waals surface area (Å²) in [6.45, 7) is 5.75. The van der Waals surface area contributed by atoms with E-state index >= 15 is 0 Å². The Labute approximate surface area is 221 Å². The first-order chi connectivity index (χ1) is 17.2. The van der Waals surface area contributed by atoms with Gasteiger partial charge in [-0.15, -0.1) is 11.3 Å². The molecule has 1 saturated heterocycles. The Morgan fingerprint density at radius 3 is 2.64 bits per heavy atom. The molecule has 190 valence electrons. The minimum atomic E-state index is -0.508. The number of amides is 2. The number of benzene rings is 2. The molecule has 6 nitrogen and oxygen atoms in total. The van der Waals surface area contributed by atoms with Crippen LogP contribution in [0.5, 0.6) is 5.75 Å². The minimum absolute atomic E-state index is 0.0185. The van der Waals surface area contributed by atoms with Crippen molar-refractivity contribution in [2.24, 2.45) is 5.41 Å². The van der Waals surface area contributed by atoms with E-state index in [1.165, 1.54) is 11.3 Å². The molecular weight excluding hydrogens is 494 g/mol. The Kier molecular flexibility index (Phi) is 8.32. The van der Waals surface area contributed by atoms with E-state index in [1.54, 1.807) is 17.0 Å². The predicted molar refractivity (Wildman–Crippen MR) is 144 cm³/mol. The van der Waals surface area contributed by atoms with Crippen molar-refractivity contribution >= 4 is 34.8 Å². The van der Waals surface area contributed by atoms with Crippen LogP contribution in [0.1, 0.15) is 45.2 Å². The van der Waals surface area contributed by atoms with E-state index in [4.69, 9.17) is 16.3 Å². The molecule has 2 amide bonds. The molecule has 8 heteroatoms. The second-order valence-electron chi connectivity index (χ2n) is 9.64. The molecule has 2 heterocycles. The van der Waals surface area contributed by atoms with Crippen LogP contribution in [-0.2, 0) is 11.3 Å². The summed E-state index contributed by atoms with van der Waals surface area (Å²) in [5.41, 5.74) is 1.33. The van der Waals surface area contributed by atoms with E-state index in [0.717, 1.165) is 29.1 Å². The van der Waals surface area contributed by atoms with Crippen LogP contribution in [0.2, 0.25) is 5.02 Å². The number of piperidine rings is 1. The Morgan fingerprint density at radius 1 is 1.17 bits per heavy atom. The van der Waals surface area contributed by atoms with Crippen molar-refractivity contribution in [3.05, 3.63) is 80.8 Å². The van der Waals surface area contributed by atoms with Crippen molar-refractivity contribution < 1.29 is 14.3 Å². The lowest BCUT2D eigenvalue weighted by Crippen LogP contribution is -2.50. The largest absolute Gasteiger partial charge is 0.493 e. The molecule has 2 aromatic carbocycles. The Hall–Kier alpha value is -2.90.